The van der Waals surface area contributed by atoms with E-state index in [0.29, 0.717) is 28.7 Å². The van der Waals surface area contributed by atoms with Gasteiger partial charge >= 0.3 is 17.6 Å². The Bertz CT molecular complexity index is 1090. The van der Waals surface area contributed by atoms with Gasteiger partial charge in [-0.05, 0) is 46.2 Å². The molecule has 1 aliphatic rings. The van der Waals surface area contributed by atoms with E-state index >= 15 is 0 Å². The quantitative estimate of drug-likeness (QED) is 0.381. The molecule has 3 atom stereocenters. The van der Waals surface area contributed by atoms with Crippen LogP contribution in [0.3, 0.4) is 0 Å². The van der Waals surface area contributed by atoms with Crippen LogP contribution < -0.4 is 10.4 Å². The largest absolute Gasteiger partial charge is 0.481 e. The molecule has 0 amide bonds. The summed E-state index contributed by atoms with van der Waals surface area (Å²) in [6.45, 7) is 10.8. The molecule has 0 bridgehead atoms. The predicted octanol–water partition coefficient (Wildman–Crippen LogP) is 4.47. The van der Waals surface area contributed by atoms with E-state index in [9.17, 15) is 14.4 Å². The summed E-state index contributed by atoms with van der Waals surface area (Å²) < 4.78 is 22.9. The minimum atomic E-state index is -1.09. The maximum atomic E-state index is 12.5. The molecule has 166 valence electrons. The molecule has 1 aliphatic heterocycles. The molecule has 0 spiro atoms. The molecule has 7 nitrogen and oxygen atoms in total. The molecule has 0 aliphatic carbocycles. The van der Waals surface area contributed by atoms with Crippen molar-refractivity contribution in [2.45, 2.75) is 65.8 Å². The van der Waals surface area contributed by atoms with Crippen LogP contribution in [0, 0.1) is 5.92 Å². The van der Waals surface area contributed by atoms with Crippen molar-refractivity contribution in [1.29, 1.82) is 0 Å². The first-order chi connectivity index (χ1) is 14.5. The average Bonchev–Trinajstić information content (AvgIpc) is 3.02. The maximum absolute atomic E-state index is 12.5. The van der Waals surface area contributed by atoms with Gasteiger partial charge in [0, 0.05) is 29.2 Å². The number of rotatable bonds is 6. The Kier molecular flexibility index (Phi) is 6.25. The molecular formula is C24H28O7. The third-order valence-electron chi connectivity index (χ3n) is 5.30. The Morgan fingerprint density at radius 1 is 1.23 bits per heavy atom. The fraction of sp³-hybridized carbons (Fsp3) is 0.458. The molecule has 31 heavy (non-hydrogen) atoms. The molecule has 1 aromatic carbocycles. The Balaban J connectivity index is 2.03. The van der Waals surface area contributed by atoms with Crippen LogP contribution in [0.25, 0.3) is 11.0 Å². The SMILES string of the molecule is CC[C@H](C)C(=O)OC(C)(C)[C@@H]1Oc2cc3oc(=O)ccc3cc2[C@H]1OC(=O)C=C(C)C. The Labute approximate surface area is 181 Å². The van der Waals surface area contributed by atoms with E-state index in [4.69, 9.17) is 18.6 Å². The monoisotopic (exact) mass is 428 g/mol. The number of allylic oxidation sites excluding steroid dienone is 1. The van der Waals surface area contributed by atoms with Crippen LogP contribution >= 0.6 is 0 Å². The van der Waals surface area contributed by atoms with Gasteiger partial charge in [0.05, 0.1) is 5.92 Å². The molecule has 0 unspecified atom stereocenters. The summed E-state index contributed by atoms with van der Waals surface area (Å²) in [4.78, 5) is 36.5. The lowest BCUT2D eigenvalue weighted by atomic mass is 9.93. The smallest absolute Gasteiger partial charge is 0.336 e. The average molecular weight is 428 g/mol. The van der Waals surface area contributed by atoms with Crippen LogP contribution in [0.5, 0.6) is 5.75 Å². The highest BCUT2D eigenvalue weighted by Gasteiger charge is 2.49. The van der Waals surface area contributed by atoms with Gasteiger partial charge in [-0.2, -0.15) is 0 Å². The van der Waals surface area contributed by atoms with Crippen molar-refractivity contribution >= 4 is 22.9 Å². The number of hydrogen-bond acceptors (Lipinski definition) is 7. The van der Waals surface area contributed by atoms with Crippen LogP contribution in [-0.4, -0.2) is 23.6 Å². The third-order valence-corrected chi connectivity index (χ3v) is 5.30. The topological polar surface area (TPSA) is 92.0 Å². The fourth-order valence-electron chi connectivity index (χ4n) is 3.41. The van der Waals surface area contributed by atoms with Crippen LogP contribution in [0.15, 0.2) is 45.1 Å². The van der Waals surface area contributed by atoms with Crippen molar-refractivity contribution in [1.82, 2.24) is 0 Å². The van der Waals surface area contributed by atoms with Gasteiger partial charge in [-0.1, -0.05) is 19.4 Å². The molecule has 1 aromatic heterocycles. The number of benzene rings is 1. The van der Waals surface area contributed by atoms with Crippen molar-refractivity contribution in [3.05, 3.63) is 51.9 Å². The van der Waals surface area contributed by atoms with Crippen molar-refractivity contribution < 1.29 is 28.2 Å². The van der Waals surface area contributed by atoms with Crippen LogP contribution in [0.4, 0.5) is 0 Å². The summed E-state index contributed by atoms with van der Waals surface area (Å²) in [7, 11) is 0. The van der Waals surface area contributed by atoms with E-state index in [-0.39, 0.29) is 11.9 Å². The molecule has 2 aromatic rings. The van der Waals surface area contributed by atoms with Gasteiger partial charge in [0.15, 0.2) is 12.2 Å². The summed E-state index contributed by atoms with van der Waals surface area (Å²) in [5.74, 6) is -0.728. The van der Waals surface area contributed by atoms with Gasteiger partial charge < -0.3 is 18.6 Å². The van der Waals surface area contributed by atoms with Gasteiger partial charge in [0.25, 0.3) is 0 Å². The van der Waals surface area contributed by atoms with Crippen molar-refractivity contribution in [2.75, 3.05) is 0 Å². The minimum absolute atomic E-state index is 0.272. The molecule has 3 rings (SSSR count). The van der Waals surface area contributed by atoms with Crippen molar-refractivity contribution in [2.24, 2.45) is 5.92 Å². The highest BCUT2D eigenvalue weighted by molar-refractivity contribution is 5.84. The zero-order valence-corrected chi connectivity index (χ0v) is 18.7. The number of carbonyl (C=O) groups excluding carboxylic acids is 2. The summed E-state index contributed by atoms with van der Waals surface area (Å²) in [6, 6.07) is 6.32. The number of fused-ring (bicyclic) bond motifs is 2. The maximum Gasteiger partial charge on any atom is 0.336 e. The molecule has 2 heterocycles. The zero-order chi connectivity index (χ0) is 22.9. The second kappa shape index (κ2) is 8.57. The van der Waals surface area contributed by atoms with E-state index in [2.05, 4.69) is 0 Å². The number of ether oxygens (including phenoxy) is 3. The summed E-state index contributed by atoms with van der Waals surface area (Å²) in [5, 5.41) is 0.667. The van der Waals surface area contributed by atoms with Crippen LogP contribution in [0.1, 0.15) is 59.6 Å². The standard InChI is InChI=1S/C24H28O7/c1-7-14(4)23(27)31-24(5,6)22-21(30-20(26)10-13(2)3)16-11-15-8-9-19(25)28-17(15)12-18(16)29-22/h8-12,14,21-22H,7H2,1-6H3/t14-,21+,22+/m0/s1. The second-order valence-electron chi connectivity index (χ2n) is 8.63. The normalized spacial score (nSPS) is 18.6. The summed E-state index contributed by atoms with van der Waals surface area (Å²) in [6.07, 6.45) is 0.444. The first-order valence-corrected chi connectivity index (χ1v) is 10.3. The lowest BCUT2D eigenvalue weighted by Crippen LogP contribution is -2.47. The van der Waals surface area contributed by atoms with Gasteiger partial charge in [0.2, 0.25) is 0 Å². The van der Waals surface area contributed by atoms with E-state index in [1.54, 1.807) is 52.8 Å². The third kappa shape index (κ3) is 4.81. The van der Waals surface area contributed by atoms with E-state index in [0.717, 1.165) is 5.57 Å². The van der Waals surface area contributed by atoms with E-state index < -0.39 is 29.4 Å². The lowest BCUT2D eigenvalue weighted by Gasteiger charge is -2.34. The van der Waals surface area contributed by atoms with Crippen LogP contribution in [-0.2, 0) is 19.1 Å². The van der Waals surface area contributed by atoms with Gasteiger partial charge in [-0.3, -0.25) is 4.79 Å². The Hall–Kier alpha value is -3.09. The first-order valence-electron chi connectivity index (χ1n) is 10.3. The number of hydrogen-bond donors (Lipinski definition) is 0. The molecule has 0 saturated carbocycles. The van der Waals surface area contributed by atoms with E-state index in [1.165, 1.54) is 12.1 Å². The molecule has 7 heteroatoms. The fourth-order valence-corrected chi connectivity index (χ4v) is 3.41. The summed E-state index contributed by atoms with van der Waals surface area (Å²) >= 11 is 0. The summed E-state index contributed by atoms with van der Waals surface area (Å²) in [5.41, 5.74) is 0.202. The highest BCUT2D eigenvalue weighted by atomic mass is 16.6. The van der Waals surface area contributed by atoms with Crippen molar-refractivity contribution in [3.8, 4) is 5.75 Å². The molecule has 0 fully saturated rings. The Morgan fingerprint density at radius 2 is 1.94 bits per heavy atom. The van der Waals surface area contributed by atoms with E-state index in [1.807, 2.05) is 6.92 Å². The van der Waals surface area contributed by atoms with Crippen LogP contribution in [0.2, 0.25) is 0 Å². The first kappa shape index (κ1) is 22.6. The molecular weight excluding hydrogens is 400 g/mol. The zero-order valence-electron chi connectivity index (χ0n) is 18.7. The van der Waals surface area contributed by atoms with Gasteiger partial charge in [-0.25, -0.2) is 9.59 Å². The second-order valence-corrected chi connectivity index (χ2v) is 8.63. The lowest BCUT2D eigenvalue weighted by molar-refractivity contribution is -0.179. The molecule has 0 N–H and O–H groups in total. The molecule has 0 radical (unpaired) electrons. The van der Waals surface area contributed by atoms with Gasteiger partial charge in [-0.15, -0.1) is 0 Å². The number of esters is 2. The van der Waals surface area contributed by atoms with Crippen molar-refractivity contribution in [3.63, 3.8) is 0 Å². The highest BCUT2D eigenvalue weighted by Crippen LogP contribution is 2.45. The number of carbonyl (C=O) groups is 2. The molecule has 0 saturated heterocycles. The Morgan fingerprint density at radius 3 is 2.58 bits per heavy atom. The predicted molar refractivity (Wildman–Crippen MR) is 115 cm³/mol. The minimum Gasteiger partial charge on any atom is -0.481 e. The van der Waals surface area contributed by atoms with Gasteiger partial charge in [0.1, 0.15) is 16.9 Å².